The SMILES string of the molecule is Cc1ccc(-n2nc(C(C)(C)C)cc2NC(=O)Nc2ccccc2CC2CCN(C(=O)C3CCCN(c4ncc(Br)cn4)C3)CC2)cc1. The van der Waals surface area contributed by atoms with Gasteiger partial charge in [-0.1, -0.05) is 56.7 Å². The molecule has 2 aliphatic heterocycles. The number of hydrogen-bond donors (Lipinski definition) is 2. The van der Waals surface area contributed by atoms with E-state index < -0.39 is 0 Å². The van der Waals surface area contributed by atoms with Crippen molar-refractivity contribution in [3.05, 3.63) is 88.3 Å². The first kappa shape index (κ1) is 33.6. The molecule has 0 spiro atoms. The highest BCUT2D eigenvalue weighted by Crippen LogP contribution is 2.30. The molecular weight excluding hydrogens is 668 g/mol. The van der Waals surface area contributed by atoms with Gasteiger partial charge in [-0.2, -0.15) is 5.10 Å². The summed E-state index contributed by atoms with van der Waals surface area (Å²) in [6.45, 7) is 11.4. The molecule has 0 saturated carbocycles. The monoisotopic (exact) mass is 712 g/mol. The minimum atomic E-state index is -0.313. The van der Waals surface area contributed by atoms with Crippen molar-refractivity contribution < 1.29 is 9.59 Å². The Kier molecular flexibility index (Phi) is 10.1. The Hall–Kier alpha value is -4.25. The summed E-state index contributed by atoms with van der Waals surface area (Å²) in [6, 6.07) is 17.7. The Morgan fingerprint density at radius 2 is 1.65 bits per heavy atom. The Labute approximate surface area is 291 Å². The minimum absolute atomic E-state index is 0.0345. The van der Waals surface area contributed by atoms with Crippen molar-refractivity contribution in [3.63, 3.8) is 0 Å². The maximum atomic E-state index is 13.6. The second-order valence-electron chi connectivity index (χ2n) is 14.1. The minimum Gasteiger partial charge on any atom is -0.342 e. The fourth-order valence-corrected chi connectivity index (χ4v) is 6.77. The van der Waals surface area contributed by atoms with Crippen molar-refractivity contribution >= 4 is 45.3 Å². The zero-order chi connectivity index (χ0) is 33.8. The number of hydrogen-bond acceptors (Lipinski definition) is 6. The van der Waals surface area contributed by atoms with E-state index in [0.717, 1.165) is 84.4 Å². The third kappa shape index (κ3) is 8.06. The molecule has 2 aliphatic rings. The third-order valence-electron chi connectivity index (χ3n) is 9.36. The van der Waals surface area contributed by atoms with Crippen molar-refractivity contribution in [1.82, 2.24) is 24.6 Å². The normalized spacial score (nSPS) is 17.3. The number of aromatic nitrogens is 4. The van der Waals surface area contributed by atoms with Crippen molar-refractivity contribution in [1.29, 1.82) is 0 Å². The molecule has 6 rings (SSSR count). The van der Waals surface area contributed by atoms with Crippen molar-refractivity contribution in [3.8, 4) is 5.69 Å². The molecular formula is C37H45BrN8O2. The molecule has 3 amide bonds. The molecule has 2 aromatic heterocycles. The lowest BCUT2D eigenvalue weighted by Crippen LogP contribution is -2.47. The molecule has 1 unspecified atom stereocenters. The van der Waals surface area contributed by atoms with Crippen LogP contribution in [0.3, 0.4) is 0 Å². The number of carbonyl (C=O) groups is 2. The molecule has 252 valence electrons. The highest BCUT2D eigenvalue weighted by atomic mass is 79.9. The molecule has 2 saturated heterocycles. The van der Waals surface area contributed by atoms with E-state index in [0.29, 0.717) is 24.2 Å². The van der Waals surface area contributed by atoms with E-state index in [1.54, 1.807) is 17.1 Å². The first-order valence-corrected chi connectivity index (χ1v) is 17.7. The molecule has 1 atom stereocenters. The van der Waals surface area contributed by atoms with Gasteiger partial charge in [0.25, 0.3) is 0 Å². The molecule has 4 heterocycles. The highest BCUT2D eigenvalue weighted by molar-refractivity contribution is 9.10. The van der Waals surface area contributed by atoms with Gasteiger partial charge in [-0.3, -0.25) is 10.1 Å². The number of para-hydroxylation sites is 1. The number of rotatable bonds is 7. The Morgan fingerprint density at radius 1 is 0.938 bits per heavy atom. The van der Waals surface area contributed by atoms with Gasteiger partial charge < -0.3 is 15.1 Å². The summed E-state index contributed by atoms with van der Waals surface area (Å²) >= 11 is 3.40. The van der Waals surface area contributed by atoms with Crippen LogP contribution < -0.4 is 15.5 Å². The lowest BCUT2D eigenvalue weighted by Gasteiger charge is -2.38. The van der Waals surface area contributed by atoms with E-state index in [1.807, 2.05) is 60.4 Å². The summed E-state index contributed by atoms with van der Waals surface area (Å²) < 4.78 is 2.64. The topological polar surface area (TPSA) is 108 Å². The van der Waals surface area contributed by atoms with E-state index in [-0.39, 0.29) is 23.3 Å². The Balaban J connectivity index is 1.06. The number of carbonyl (C=O) groups excluding carboxylic acids is 2. The first-order chi connectivity index (χ1) is 23.0. The quantitative estimate of drug-likeness (QED) is 0.207. The van der Waals surface area contributed by atoms with Gasteiger partial charge in [0, 0.05) is 55.7 Å². The van der Waals surface area contributed by atoms with E-state index in [4.69, 9.17) is 5.10 Å². The van der Waals surface area contributed by atoms with Crippen LogP contribution >= 0.6 is 15.9 Å². The van der Waals surface area contributed by atoms with Crippen molar-refractivity contribution in [2.24, 2.45) is 11.8 Å². The average molecular weight is 714 g/mol. The summed E-state index contributed by atoms with van der Waals surface area (Å²) in [7, 11) is 0. The van der Waals surface area contributed by atoms with Crippen LogP contribution in [0.4, 0.5) is 22.2 Å². The highest BCUT2D eigenvalue weighted by Gasteiger charge is 2.32. The molecule has 0 bridgehead atoms. The zero-order valence-electron chi connectivity index (χ0n) is 28.2. The van der Waals surface area contributed by atoms with E-state index in [1.165, 1.54) is 0 Å². The fraction of sp³-hybridized carbons (Fsp3) is 0.432. The second kappa shape index (κ2) is 14.5. The number of urea groups is 1. The number of aryl methyl sites for hydroxylation is 1. The van der Waals surface area contributed by atoms with Gasteiger partial charge in [0.2, 0.25) is 11.9 Å². The molecule has 0 radical (unpaired) electrons. The van der Waals surface area contributed by atoms with Gasteiger partial charge in [0.1, 0.15) is 5.82 Å². The van der Waals surface area contributed by atoms with Crippen LogP contribution in [0.5, 0.6) is 0 Å². The van der Waals surface area contributed by atoms with Gasteiger partial charge in [-0.25, -0.2) is 19.4 Å². The van der Waals surface area contributed by atoms with E-state index >= 15 is 0 Å². The number of benzene rings is 2. The first-order valence-electron chi connectivity index (χ1n) is 16.9. The maximum Gasteiger partial charge on any atom is 0.324 e. The smallest absolute Gasteiger partial charge is 0.324 e. The number of likely N-dealkylation sites (tertiary alicyclic amines) is 1. The predicted octanol–water partition coefficient (Wildman–Crippen LogP) is 7.37. The summed E-state index contributed by atoms with van der Waals surface area (Å²) in [6.07, 6.45) is 8.07. The number of nitrogens with zero attached hydrogens (tertiary/aromatic N) is 6. The van der Waals surface area contributed by atoms with Crippen LogP contribution in [0.2, 0.25) is 0 Å². The molecule has 4 aromatic rings. The average Bonchev–Trinajstić information content (AvgIpc) is 3.51. The summed E-state index contributed by atoms with van der Waals surface area (Å²) in [5, 5.41) is 11.0. The molecule has 2 N–H and O–H groups in total. The summed E-state index contributed by atoms with van der Waals surface area (Å²) in [4.78, 5) is 40.0. The van der Waals surface area contributed by atoms with Crippen LogP contribution in [0.25, 0.3) is 5.69 Å². The molecule has 11 heteroatoms. The second-order valence-corrected chi connectivity index (χ2v) is 15.0. The standard InChI is InChI=1S/C37H45BrN8O2/c1-25-11-13-30(14-12-25)46-33(21-32(43-46)37(2,3)4)42-36(48)41-31-10-6-5-8-27(31)20-26-15-18-44(19-16-26)34(47)28-9-7-17-45(24-28)35-39-22-29(38)23-40-35/h5-6,8,10-14,21-23,26,28H,7,9,15-20,24H2,1-4H3,(H2,41,42,48). The molecule has 2 fully saturated rings. The Bertz CT molecular complexity index is 1720. The van der Waals surface area contributed by atoms with Crippen LogP contribution in [-0.2, 0) is 16.6 Å². The number of halogens is 1. The number of piperidine rings is 2. The predicted molar refractivity (Wildman–Crippen MR) is 194 cm³/mol. The summed E-state index contributed by atoms with van der Waals surface area (Å²) in [5.74, 6) is 1.93. The van der Waals surface area contributed by atoms with E-state index in [9.17, 15) is 9.59 Å². The lowest BCUT2D eigenvalue weighted by atomic mass is 9.88. The van der Waals surface area contributed by atoms with Crippen molar-refractivity contribution in [2.45, 2.75) is 65.2 Å². The third-order valence-corrected chi connectivity index (χ3v) is 9.77. The zero-order valence-corrected chi connectivity index (χ0v) is 29.8. The molecule has 48 heavy (non-hydrogen) atoms. The van der Waals surface area contributed by atoms with E-state index in [2.05, 4.69) is 68.3 Å². The molecule has 2 aromatic carbocycles. The van der Waals surface area contributed by atoms with Crippen LogP contribution in [0.1, 0.15) is 63.3 Å². The number of anilines is 3. The lowest BCUT2D eigenvalue weighted by molar-refractivity contribution is -0.137. The Morgan fingerprint density at radius 3 is 2.35 bits per heavy atom. The van der Waals surface area contributed by atoms with Crippen molar-refractivity contribution in [2.75, 3.05) is 41.7 Å². The molecule has 0 aliphatic carbocycles. The van der Waals surface area contributed by atoms with Gasteiger partial charge in [-0.05, 0) is 84.6 Å². The number of amides is 3. The van der Waals surface area contributed by atoms with Crippen LogP contribution in [-0.4, -0.2) is 62.8 Å². The number of nitrogens with one attached hydrogen (secondary N) is 2. The van der Waals surface area contributed by atoms with Gasteiger partial charge >= 0.3 is 6.03 Å². The van der Waals surface area contributed by atoms with Crippen LogP contribution in [0, 0.1) is 18.8 Å². The summed E-state index contributed by atoms with van der Waals surface area (Å²) in [5.41, 5.74) is 4.65. The maximum absolute atomic E-state index is 13.6. The van der Waals surface area contributed by atoms with Crippen LogP contribution in [0.15, 0.2) is 71.5 Å². The van der Waals surface area contributed by atoms with Gasteiger partial charge in [0.15, 0.2) is 0 Å². The van der Waals surface area contributed by atoms with Gasteiger partial charge in [0.05, 0.1) is 21.8 Å². The van der Waals surface area contributed by atoms with Gasteiger partial charge in [-0.15, -0.1) is 0 Å². The fourth-order valence-electron chi connectivity index (χ4n) is 6.57. The largest absolute Gasteiger partial charge is 0.342 e. The molecule has 10 nitrogen and oxygen atoms in total.